The molecule has 0 saturated heterocycles. The van der Waals surface area contributed by atoms with Crippen molar-refractivity contribution in [2.75, 3.05) is 11.1 Å². The predicted molar refractivity (Wildman–Crippen MR) is 129 cm³/mol. The number of carbonyl (C=O) groups excluding carboxylic acids is 1. The third-order valence-corrected chi connectivity index (χ3v) is 6.02. The Morgan fingerprint density at radius 3 is 2.81 bits per heavy atom. The topological polar surface area (TPSA) is 93.8 Å². The molecule has 3 N–H and O–H groups in total. The number of anilines is 2. The van der Waals surface area contributed by atoms with Crippen LogP contribution in [0, 0.1) is 15.3 Å². The molecule has 0 fully saturated rings. The lowest BCUT2D eigenvalue weighted by Gasteiger charge is -2.14. The minimum atomic E-state index is -0.304. The number of aromatic nitrogens is 3. The summed E-state index contributed by atoms with van der Waals surface area (Å²) in [4.78, 5) is 25.2. The van der Waals surface area contributed by atoms with Gasteiger partial charge in [0.2, 0.25) is 5.91 Å². The van der Waals surface area contributed by atoms with Crippen LogP contribution in [0.5, 0.6) is 0 Å². The molecule has 3 rings (SSSR count). The lowest BCUT2D eigenvalue weighted by molar-refractivity contribution is -0.116. The highest BCUT2D eigenvalue weighted by atomic mass is 127. The van der Waals surface area contributed by atoms with E-state index in [0.29, 0.717) is 29.5 Å². The molecule has 0 aliphatic heterocycles. The van der Waals surface area contributed by atoms with Gasteiger partial charge in [0, 0.05) is 27.4 Å². The van der Waals surface area contributed by atoms with Crippen molar-refractivity contribution in [3.05, 3.63) is 64.0 Å². The summed E-state index contributed by atoms with van der Waals surface area (Å²) in [5.74, 6) is 0.370. The summed E-state index contributed by atoms with van der Waals surface area (Å²) in [7, 11) is 0. The van der Waals surface area contributed by atoms with Crippen LogP contribution in [0.2, 0.25) is 0 Å². The van der Waals surface area contributed by atoms with E-state index < -0.39 is 0 Å². The normalized spacial score (nSPS) is 11.8. The molecular weight excluding hydrogens is 508 g/mol. The standard InChI is InChI=1S/C23H25FIN5O/c1-2-15(12-17-10-11-27-14-28-17)4-3-5-22(31)30-23-20(26)8-9-21(29-23)18-7-6-16(24)13-19(18)25/h6-11,13-15H,2-5,12,26H2,1H3,(H,29,30,31). The van der Waals surface area contributed by atoms with Crippen LogP contribution in [0.1, 0.15) is 38.3 Å². The molecule has 2 aromatic heterocycles. The monoisotopic (exact) mass is 533 g/mol. The van der Waals surface area contributed by atoms with Gasteiger partial charge < -0.3 is 11.1 Å². The van der Waals surface area contributed by atoms with Crippen LogP contribution >= 0.6 is 22.6 Å². The van der Waals surface area contributed by atoms with Crippen LogP contribution in [0.25, 0.3) is 11.3 Å². The SMILES string of the molecule is CCC(CCCC(=O)Nc1nc(-c2ccc(F)cc2I)ccc1N)Cc1ccncn1. The Morgan fingerprint density at radius 1 is 1.26 bits per heavy atom. The number of nitrogens with one attached hydrogen (secondary N) is 1. The number of hydrogen-bond donors (Lipinski definition) is 2. The van der Waals surface area contributed by atoms with Gasteiger partial charge in [-0.05, 0) is 84.2 Å². The zero-order valence-corrected chi connectivity index (χ0v) is 19.5. The van der Waals surface area contributed by atoms with Crippen LogP contribution in [-0.2, 0) is 11.2 Å². The molecule has 8 heteroatoms. The number of hydrogen-bond acceptors (Lipinski definition) is 5. The van der Waals surface area contributed by atoms with E-state index >= 15 is 0 Å². The first-order valence-corrected chi connectivity index (χ1v) is 11.3. The Kier molecular flexibility index (Phi) is 8.27. The molecule has 1 unspecified atom stereocenters. The van der Waals surface area contributed by atoms with Crippen LogP contribution in [0.3, 0.4) is 0 Å². The number of rotatable bonds is 9. The van der Waals surface area contributed by atoms with Gasteiger partial charge in [-0.15, -0.1) is 0 Å². The second kappa shape index (κ2) is 11.1. The van der Waals surface area contributed by atoms with E-state index in [0.717, 1.165) is 40.5 Å². The summed E-state index contributed by atoms with van der Waals surface area (Å²) in [6, 6.07) is 9.89. The van der Waals surface area contributed by atoms with Crippen molar-refractivity contribution in [2.45, 2.75) is 39.0 Å². The van der Waals surface area contributed by atoms with Crippen molar-refractivity contribution in [2.24, 2.45) is 5.92 Å². The van der Waals surface area contributed by atoms with E-state index in [1.807, 2.05) is 6.07 Å². The van der Waals surface area contributed by atoms with Crippen molar-refractivity contribution in [1.29, 1.82) is 0 Å². The first-order chi connectivity index (χ1) is 15.0. The van der Waals surface area contributed by atoms with Gasteiger partial charge in [0.15, 0.2) is 5.82 Å². The summed E-state index contributed by atoms with van der Waals surface area (Å²) >= 11 is 2.06. The van der Waals surface area contributed by atoms with Crippen LogP contribution in [-0.4, -0.2) is 20.9 Å². The summed E-state index contributed by atoms with van der Waals surface area (Å²) < 4.78 is 14.1. The van der Waals surface area contributed by atoms with Crippen molar-refractivity contribution >= 4 is 40.0 Å². The number of nitrogens with zero attached hydrogens (tertiary/aromatic N) is 3. The van der Waals surface area contributed by atoms with Gasteiger partial charge in [-0.25, -0.2) is 19.3 Å². The summed E-state index contributed by atoms with van der Waals surface area (Å²) in [6.07, 6.45) is 7.32. The maximum Gasteiger partial charge on any atom is 0.225 e. The molecule has 31 heavy (non-hydrogen) atoms. The summed E-state index contributed by atoms with van der Waals surface area (Å²) in [6.45, 7) is 2.15. The average Bonchev–Trinajstić information content (AvgIpc) is 2.75. The van der Waals surface area contributed by atoms with E-state index in [2.05, 4.69) is 49.8 Å². The van der Waals surface area contributed by atoms with Gasteiger partial charge in [-0.2, -0.15) is 0 Å². The Hall–Kier alpha value is -2.62. The highest BCUT2D eigenvalue weighted by Gasteiger charge is 2.13. The largest absolute Gasteiger partial charge is 0.396 e. The van der Waals surface area contributed by atoms with Crippen LogP contribution in [0.15, 0.2) is 48.9 Å². The van der Waals surface area contributed by atoms with Crippen LogP contribution in [0.4, 0.5) is 15.9 Å². The Labute approximate surface area is 195 Å². The molecule has 0 radical (unpaired) electrons. The fraction of sp³-hybridized carbons (Fsp3) is 0.304. The number of benzene rings is 1. The number of nitrogens with two attached hydrogens (primary N) is 1. The zero-order valence-electron chi connectivity index (χ0n) is 17.3. The molecular formula is C23H25FIN5O. The molecule has 2 heterocycles. The maximum atomic E-state index is 13.4. The molecule has 0 bridgehead atoms. The van der Waals surface area contributed by atoms with E-state index in [9.17, 15) is 9.18 Å². The predicted octanol–water partition coefficient (Wildman–Crippen LogP) is 5.24. The van der Waals surface area contributed by atoms with Gasteiger partial charge in [-0.3, -0.25) is 4.79 Å². The number of carbonyl (C=O) groups is 1. The molecule has 3 aromatic rings. The van der Waals surface area contributed by atoms with E-state index in [4.69, 9.17) is 5.73 Å². The van der Waals surface area contributed by atoms with E-state index in [1.165, 1.54) is 12.1 Å². The first kappa shape index (κ1) is 23.1. The lowest BCUT2D eigenvalue weighted by Crippen LogP contribution is -2.15. The number of amides is 1. The van der Waals surface area contributed by atoms with Gasteiger partial charge in [0.1, 0.15) is 12.1 Å². The van der Waals surface area contributed by atoms with Gasteiger partial charge in [0.25, 0.3) is 0 Å². The zero-order chi connectivity index (χ0) is 22.2. The Balaban J connectivity index is 1.57. The molecule has 6 nitrogen and oxygen atoms in total. The minimum Gasteiger partial charge on any atom is -0.396 e. The number of pyridine rings is 1. The number of halogens is 2. The molecule has 0 spiro atoms. The fourth-order valence-corrected chi connectivity index (χ4v) is 4.10. The number of nitrogen functional groups attached to an aromatic ring is 1. The van der Waals surface area contributed by atoms with E-state index in [-0.39, 0.29) is 11.7 Å². The molecule has 1 amide bonds. The molecule has 0 saturated carbocycles. The maximum absolute atomic E-state index is 13.4. The van der Waals surface area contributed by atoms with Crippen molar-refractivity contribution in [3.63, 3.8) is 0 Å². The average molecular weight is 533 g/mol. The van der Waals surface area contributed by atoms with Crippen molar-refractivity contribution < 1.29 is 9.18 Å². The van der Waals surface area contributed by atoms with E-state index in [1.54, 1.807) is 30.7 Å². The third-order valence-electron chi connectivity index (χ3n) is 5.13. The van der Waals surface area contributed by atoms with Crippen LogP contribution < -0.4 is 11.1 Å². The molecule has 0 aliphatic carbocycles. The lowest BCUT2D eigenvalue weighted by atomic mass is 9.94. The molecule has 1 atom stereocenters. The Morgan fingerprint density at radius 2 is 2.10 bits per heavy atom. The quantitative estimate of drug-likeness (QED) is 0.367. The molecule has 1 aromatic carbocycles. The van der Waals surface area contributed by atoms with Crippen molar-refractivity contribution in [1.82, 2.24) is 15.0 Å². The first-order valence-electron chi connectivity index (χ1n) is 10.2. The summed E-state index contributed by atoms with van der Waals surface area (Å²) in [5.41, 5.74) is 8.84. The highest BCUT2D eigenvalue weighted by molar-refractivity contribution is 14.1. The Bertz CT molecular complexity index is 1030. The van der Waals surface area contributed by atoms with Gasteiger partial charge >= 0.3 is 0 Å². The molecule has 0 aliphatic rings. The second-order valence-corrected chi connectivity index (χ2v) is 8.54. The van der Waals surface area contributed by atoms with Crippen molar-refractivity contribution in [3.8, 4) is 11.3 Å². The third kappa shape index (κ3) is 6.68. The fourth-order valence-electron chi connectivity index (χ4n) is 3.35. The molecule has 162 valence electrons. The second-order valence-electron chi connectivity index (χ2n) is 7.38. The summed E-state index contributed by atoms with van der Waals surface area (Å²) in [5, 5.41) is 2.82. The minimum absolute atomic E-state index is 0.123. The smallest absolute Gasteiger partial charge is 0.225 e. The van der Waals surface area contributed by atoms with Gasteiger partial charge in [-0.1, -0.05) is 13.3 Å². The highest BCUT2D eigenvalue weighted by Crippen LogP contribution is 2.28. The van der Waals surface area contributed by atoms with Gasteiger partial charge in [0.05, 0.1) is 11.4 Å².